The minimum atomic E-state index is -1.40. The number of carbonyl (C=O) groups is 2. The number of hydrogen-bond donors (Lipinski definition) is 3. The Kier molecular flexibility index (Phi) is 2.41. The maximum absolute atomic E-state index is 10.8. The zero-order valence-electron chi connectivity index (χ0n) is 7.29. The van der Waals surface area contributed by atoms with Gasteiger partial charge in [-0.3, -0.25) is 4.79 Å². The predicted octanol–water partition coefficient (Wildman–Crippen LogP) is -2.34. The van der Waals surface area contributed by atoms with Crippen LogP contribution in [0.1, 0.15) is 29.0 Å². The van der Waals surface area contributed by atoms with E-state index in [1.165, 1.54) is 6.92 Å². The van der Waals surface area contributed by atoms with E-state index >= 15 is 0 Å². The summed E-state index contributed by atoms with van der Waals surface area (Å²) in [5.41, 5.74) is 3.95. The molecule has 1 aromatic rings. The summed E-state index contributed by atoms with van der Waals surface area (Å²) >= 11 is 0. The molecule has 7 nitrogen and oxygen atoms in total. The fourth-order valence-corrected chi connectivity index (χ4v) is 1.03. The van der Waals surface area contributed by atoms with Gasteiger partial charge >= 0.3 is 5.69 Å². The van der Waals surface area contributed by atoms with Gasteiger partial charge in [-0.15, -0.1) is 0 Å². The Labute approximate surface area is 77.9 Å². The van der Waals surface area contributed by atoms with Crippen molar-refractivity contribution in [1.82, 2.24) is 9.97 Å². The third kappa shape index (κ3) is 1.65. The van der Waals surface area contributed by atoms with Gasteiger partial charge < -0.3 is 25.6 Å². The lowest BCUT2D eigenvalue weighted by Crippen LogP contribution is -2.29. The highest BCUT2D eigenvalue weighted by molar-refractivity contribution is 5.93. The van der Waals surface area contributed by atoms with E-state index in [0.29, 0.717) is 0 Å². The quantitative estimate of drug-likeness (QED) is 0.501. The van der Waals surface area contributed by atoms with Gasteiger partial charge in [-0.1, -0.05) is 6.92 Å². The molecular weight excluding hydrogens is 190 g/mol. The number of rotatable bonds is 3. The Hall–Kier alpha value is -2.05. The topological polar surface area (TPSA) is 132 Å². The molecule has 0 radical (unpaired) electrons. The Morgan fingerprint density at radius 3 is 2.43 bits per heavy atom. The number of H-pyrrole nitrogens is 2. The van der Waals surface area contributed by atoms with Gasteiger partial charge in [-0.05, 0) is 0 Å². The van der Waals surface area contributed by atoms with E-state index in [-0.39, 0.29) is 11.4 Å². The summed E-state index contributed by atoms with van der Waals surface area (Å²) in [6, 6.07) is 0. The van der Waals surface area contributed by atoms with Crippen molar-refractivity contribution in [3.8, 4) is 0 Å². The fourth-order valence-electron chi connectivity index (χ4n) is 1.03. The number of nitrogens with one attached hydrogen (secondary N) is 2. The molecular formula is C7H8N3O4-. The predicted molar refractivity (Wildman–Crippen MR) is 43.4 cm³/mol. The molecule has 0 saturated carbocycles. The third-order valence-corrected chi connectivity index (χ3v) is 1.79. The van der Waals surface area contributed by atoms with Crippen LogP contribution in [-0.4, -0.2) is 21.8 Å². The van der Waals surface area contributed by atoms with Crippen molar-refractivity contribution >= 4 is 11.9 Å². The van der Waals surface area contributed by atoms with E-state index in [4.69, 9.17) is 5.73 Å². The van der Waals surface area contributed by atoms with Crippen molar-refractivity contribution < 1.29 is 14.7 Å². The largest absolute Gasteiger partial charge is 0.549 e. The molecule has 1 aromatic heterocycles. The second-order valence-electron chi connectivity index (χ2n) is 2.77. The van der Waals surface area contributed by atoms with Gasteiger partial charge in [-0.2, -0.15) is 0 Å². The molecule has 76 valence electrons. The average Bonchev–Trinajstić information content (AvgIpc) is 2.45. The van der Waals surface area contributed by atoms with Gasteiger partial charge in [0.15, 0.2) is 0 Å². The summed E-state index contributed by atoms with van der Waals surface area (Å²) in [5, 5.41) is 10.5. The summed E-state index contributed by atoms with van der Waals surface area (Å²) in [6.45, 7) is 1.28. The number of amides is 1. The summed E-state index contributed by atoms with van der Waals surface area (Å²) in [4.78, 5) is 36.4. The van der Waals surface area contributed by atoms with Gasteiger partial charge in [0, 0.05) is 5.92 Å². The maximum atomic E-state index is 10.8. The van der Waals surface area contributed by atoms with E-state index in [2.05, 4.69) is 9.97 Å². The molecule has 14 heavy (non-hydrogen) atoms. The molecule has 0 aromatic carbocycles. The van der Waals surface area contributed by atoms with Crippen LogP contribution in [-0.2, 0) is 4.79 Å². The van der Waals surface area contributed by atoms with E-state index < -0.39 is 23.5 Å². The van der Waals surface area contributed by atoms with Crippen molar-refractivity contribution in [1.29, 1.82) is 0 Å². The molecule has 0 bridgehead atoms. The number of aliphatic carboxylic acids is 1. The standard InChI is InChI=1S/C7H9N3O4/c1-2(6(12)13)3-4(5(8)11)10-7(14)9-3/h2H,1H3,(H2,8,11)(H,12,13)(H2,9,10,14)/p-1. The number of aromatic nitrogens is 2. The van der Waals surface area contributed by atoms with E-state index in [1.54, 1.807) is 0 Å². The molecule has 1 heterocycles. The first kappa shape index (κ1) is 10.0. The molecule has 7 heteroatoms. The van der Waals surface area contributed by atoms with Gasteiger partial charge in [0.2, 0.25) is 0 Å². The minimum Gasteiger partial charge on any atom is -0.549 e. The zero-order chi connectivity index (χ0) is 10.9. The van der Waals surface area contributed by atoms with Crippen LogP contribution >= 0.6 is 0 Å². The molecule has 1 rings (SSSR count). The fraction of sp³-hybridized carbons (Fsp3) is 0.286. The normalized spacial score (nSPS) is 12.4. The number of aromatic amines is 2. The summed E-state index contributed by atoms with van der Waals surface area (Å²) in [7, 11) is 0. The number of carboxylic acids is 1. The van der Waals surface area contributed by atoms with Gasteiger partial charge in [-0.25, -0.2) is 4.79 Å². The molecule has 1 amide bonds. The Morgan fingerprint density at radius 1 is 1.43 bits per heavy atom. The number of primary amides is 1. The molecule has 0 spiro atoms. The number of nitrogens with two attached hydrogens (primary N) is 1. The zero-order valence-corrected chi connectivity index (χ0v) is 7.29. The van der Waals surface area contributed by atoms with Gasteiger partial charge in [0.05, 0.1) is 11.7 Å². The molecule has 1 unspecified atom stereocenters. The smallest absolute Gasteiger partial charge is 0.323 e. The number of hydrogen-bond acceptors (Lipinski definition) is 4. The molecule has 0 saturated heterocycles. The lowest BCUT2D eigenvalue weighted by Gasteiger charge is -2.10. The molecule has 4 N–H and O–H groups in total. The van der Waals surface area contributed by atoms with Gasteiger partial charge in [0.1, 0.15) is 5.69 Å². The second-order valence-corrected chi connectivity index (χ2v) is 2.77. The van der Waals surface area contributed by atoms with Crippen molar-refractivity contribution in [2.75, 3.05) is 0 Å². The lowest BCUT2D eigenvalue weighted by molar-refractivity contribution is -0.307. The highest BCUT2D eigenvalue weighted by Crippen LogP contribution is 2.13. The highest BCUT2D eigenvalue weighted by Gasteiger charge is 2.18. The molecule has 0 aliphatic carbocycles. The SMILES string of the molecule is CC(C(=O)[O-])c1[nH]c(=O)[nH]c1C(N)=O. The van der Waals surface area contributed by atoms with Crippen LogP contribution in [0.25, 0.3) is 0 Å². The van der Waals surface area contributed by atoms with Crippen LogP contribution in [0.2, 0.25) is 0 Å². The number of imidazole rings is 1. The van der Waals surface area contributed by atoms with Crippen LogP contribution in [0.3, 0.4) is 0 Å². The Bertz CT molecular complexity index is 430. The number of carbonyl (C=O) groups excluding carboxylic acids is 2. The molecule has 0 fully saturated rings. The first-order chi connectivity index (χ1) is 6.43. The Morgan fingerprint density at radius 2 is 2.00 bits per heavy atom. The summed E-state index contributed by atoms with van der Waals surface area (Å²) < 4.78 is 0. The van der Waals surface area contributed by atoms with Crippen LogP contribution in [0.15, 0.2) is 4.79 Å². The van der Waals surface area contributed by atoms with Gasteiger partial charge in [0.25, 0.3) is 5.91 Å². The minimum absolute atomic E-state index is 0.0671. The molecule has 1 atom stereocenters. The van der Waals surface area contributed by atoms with Crippen molar-refractivity contribution in [3.63, 3.8) is 0 Å². The van der Waals surface area contributed by atoms with Crippen molar-refractivity contribution in [2.45, 2.75) is 12.8 Å². The Balaban J connectivity index is 3.26. The second kappa shape index (κ2) is 3.36. The first-order valence-corrected chi connectivity index (χ1v) is 3.76. The maximum Gasteiger partial charge on any atom is 0.323 e. The van der Waals surface area contributed by atoms with Crippen LogP contribution in [0.5, 0.6) is 0 Å². The van der Waals surface area contributed by atoms with Crippen molar-refractivity contribution in [2.24, 2.45) is 5.73 Å². The monoisotopic (exact) mass is 198 g/mol. The average molecular weight is 198 g/mol. The van der Waals surface area contributed by atoms with E-state index in [0.717, 1.165) is 0 Å². The van der Waals surface area contributed by atoms with Crippen molar-refractivity contribution in [3.05, 3.63) is 21.9 Å². The number of carboxylic acid groups (broad SMARTS) is 1. The first-order valence-electron chi connectivity index (χ1n) is 3.76. The summed E-state index contributed by atoms with van der Waals surface area (Å²) in [5.74, 6) is -3.40. The lowest BCUT2D eigenvalue weighted by atomic mass is 10.1. The molecule has 0 aliphatic rings. The van der Waals surface area contributed by atoms with Crippen LogP contribution < -0.4 is 16.5 Å². The summed E-state index contributed by atoms with van der Waals surface area (Å²) in [6.07, 6.45) is 0. The molecule has 0 aliphatic heterocycles. The van der Waals surface area contributed by atoms with Crippen LogP contribution in [0, 0.1) is 0 Å². The van der Waals surface area contributed by atoms with E-state index in [1.807, 2.05) is 0 Å². The highest BCUT2D eigenvalue weighted by atomic mass is 16.4. The third-order valence-electron chi connectivity index (χ3n) is 1.79. The van der Waals surface area contributed by atoms with Crippen LogP contribution in [0.4, 0.5) is 0 Å². The van der Waals surface area contributed by atoms with E-state index in [9.17, 15) is 19.5 Å².